The Bertz CT molecular complexity index is 436. The van der Waals surface area contributed by atoms with Crippen LogP contribution in [-0.4, -0.2) is 33.5 Å². The number of carbonyl (C=O) groups is 1. The van der Waals surface area contributed by atoms with Gasteiger partial charge in [0.15, 0.2) is 0 Å². The van der Waals surface area contributed by atoms with Crippen LogP contribution in [0.25, 0.3) is 0 Å². The number of rotatable bonds is 5. The molecule has 0 spiro atoms. The highest BCUT2D eigenvalue weighted by atomic mass is 19.1. The molecule has 0 saturated carbocycles. The first kappa shape index (κ1) is 13.9. The van der Waals surface area contributed by atoms with Crippen LogP contribution < -0.4 is 0 Å². The molecule has 0 aromatic carbocycles. The van der Waals surface area contributed by atoms with E-state index in [1.54, 1.807) is 6.07 Å². The first-order valence-corrected chi connectivity index (χ1v) is 6.70. The van der Waals surface area contributed by atoms with Crippen molar-refractivity contribution in [3.8, 4) is 0 Å². The Kier molecular flexibility index (Phi) is 4.47. The molecule has 2 rings (SSSR count). The van der Waals surface area contributed by atoms with Gasteiger partial charge in [-0.3, -0.25) is 14.7 Å². The largest absolute Gasteiger partial charge is 0.481 e. The Hall–Kier alpha value is -1.49. The lowest BCUT2D eigenvalue weighted by atomic mass is 10.1. The van der Waals surface area contributed by atoms with E-state index in [1.807, 2.05) is 6.92 Å². The van der Waals surface area contributed by atoms with Crippen molar-refractivity contribution in [3.05, 3.63) is 29.8 Å². The van der Waals surface area contributed by atoms with Gasteiger partial charge in [-0.25, -0.2) is 4.39 Å². The van der Waals surface area contributed by atoms with E-state index < -0.39 is 5.97 Å². The quantitative estimate of drug-likeness (QED) is 0.890. The van der Waals surface area contributed by atoms with E-state index in [9.17, 15) is 9.18 Å². The molecule has 0 aliphatic carbocycles. The lowest BCUT2D eigenvalue weighted by Gasteiger charge is -2.31. The lowest BCUT2D eigenvalue weighted by Crippen LogP contribution is -2.35. The summed E-state index contributed by atoms with van der Waals surface area (Å²) in [5.41, 5.74) is 0.821. The Balaban J connectivity index is 2.16. The van der Waals surface area contributed by atoms with Crippen LogP contribution in [0.1, 0.15) is 44.3 Å². The molecule has 2 atom stereocenters. The average Bonchev–Trinajstić information content (AvgIpc) is 2.80. The number of halogens is 1. The van der Waals surface area contributed by atoms with Crippen LogP contribution in [0.2, 0.25) is 0 Å². The summed E-state index contributed by atoms with van der Waals surface area (Å²) < 4.78 is 12.9. The molecule has 1 saturated heterocycles. The van der Waals surface area contributed by atoms with Crippen molar-refractivity contribution >= 4 is 5.97 Å². The van der Waals surface area contributed by atoms with E-state index in [1.165, 1.54) is 12.3 Å². The van der Waals surface area contributed by atoms with E-state index >= 15 is 0 Å². The molecule has 4 nitrogen and oxygen atoms in total. The minimum atomic E-state index is -0.765. The van der Waals surface area contributed by atoms with Gasteiger partial charge < -0.3 is 5.11 Å². The van der Waals surface area contributed by atoms with Crippen LogP contribution in [-0.2, 0) is 4.79 Å². The van der Waals surface area contributed by atoms with Crippen LogP contribution in [0, 0.1) is 5.82 Å². The molecule has 1 aromatic rings. The summed E-state index contributed by atoms with van der Waals surface area (Å²) in [6, 6.07) is 3.24. The van der Waals surface area contributed by atoms with Gasteiger partial charge in [0.25, 0.3) is 0 Å². The third-order valence-corrected chi connectivity index (χ3v) is 3.71. The average molecular weight is 266 g/mol. The van der Waals surface area contributed by atoms with Gasteiger partial charge in [0, 0.05) is 6.04 Å². The summed E-state index contributed by atoms with van der Waals surface area (Å²) in [6.07, 6.45) is 4.15. The second-order valence-electron chi connectivity index (χ2n) is 4.96. The molecule has 104 valence electrons. The van der Waals surface area contributed by atoms with Crippen LogP contribution in [0.4, 0.5) is 4.39 Å². The standard InChI is InChI=1S/C14H19FN2O2/c1-2-13(12-6-5-10(15)9-16-12)17-7-3-4-11(17)8-14(18)19/h5-6,9,11,13H,2-4,7-8H2,1H3,(H,18,19). The van der Waals surface area contributed by atoms with Gasteiger partial charge in [0.05, 0.1) is 24.4 Å². The molecule has 5 heteroatoms. The summed E-state index contributed by atoms with van der Waals surface area (Å²) in [5, 5.41) is 8.96. The fourth-order valence-electron chi connectivity index (χ4n) is 2.89. The van der Waals surface area contributed by atoms with E-state index in [2.05, 4.69) is 9.88 Å². The summed E-state index contributed by atoms with van der Waals surface area (Å²) >= 11 is 0. The summed E-state index contributed by atoms with van der Waals surface area (Å²) in [6.45, 7) is 2.93. The number of hydrogen-bond acceptors (Lipinski definition) is 3. The minimum Gasteiger partial charge on any atom is -0.481 e. The number of carboxylic acids is 1. The Labute approximate surface area is 112 Å². The normalized spacial score (nSPS) is 21.5. The fourth-order valence-corrected chi connectivity index (χ4v) is 2.89. The second kappa shape index (κ2) is 6.10. The van der Waals surface area contributed by atoms with Crippen LogP contribution in [0.15, 0.2) is 18.3 Å². The summed E-state index contributed by atoms with van der Waals surface area (Å²) in [5.74, 6) is -1.11. The molecule has 1 aliphatic heterocycles. The van der Waals surface area contributed by atoms with Gasteiger partial charge in [-0.15, -0.1) is 0 Å². The van der Waals surface area contributed by atoms with E-state index in [0.29, 0.717) is 0 Å². The van der Waals surface area contributed by atoms with Crippen molar-refractivity contribution in [3.63, 3.8) is 0 Å². The number of pyridine rings is 1. The Morgan fingerprint density at radius 2 is 2.42 bits per heavy atom. The van der Waals surface area contributed by atoms with E-state index in [0.717, 1.165) is 31.5 Å². The molecule has 2 unspecified atom stereocenters. The van der Waals surface area contributed by atoms with Gasteiger partial charge in [0.1, 0.15) is 5.82 Å². The van der Waals surface area contributed by atoms with Crippen molar-refractivity contribution in [2.75, 3.05) is 6.54 Å². The Morgan fingerprint density at radius 1 is 1.63 bits per heavy atom. The summed E-state index contributed by atoms with van der Waals surface area (Å²) in [7, 11) is 0. The predicted octanol–water partition coefficient (Wildman–Crippen LogP) is 2.61. The van der Waals surface area contributed by atoms with Gasteiger partial charge in [-0.2, -0.15) is 0 Å². The monoisotopic (exact) mass is 266 g/mol. The third-order valence-electron chi connectivity index (χ3n) is 3.71. The molecule has 0 bridgehead atoms. The van der Waals surface area contributed by atoms with Crippen LogP contribution >= 0.6 is 0 Å². The molecule has 1 aromatic heterocycles. The number of carboxylic acid groups (broad SMARTS) is 1. The molecule has 1 fully saturated rings. The van der Waals surface area contributed by atoms with Crippen molar-refractivity contribution in [1.29, 1.82) is 0 Å². The van der Waals surface area contributed by atoms with Crippen molar-refractivity contribution < 1.29 is 14.3 Å². The first-order chi connectivity index (χ1) is 9.11. The number of nitrogens with zero attached hydrogens (tertiary/aromatic N) is 2. The van der Waals surface area contributed by atoms with Gasteiger partial charge in [0.2, 0.25) is 0 Å². The second-order valence-corrected chi connectivity index (χ2v) is 4.96. The fraction of sp³-hybridized carbons (Fsp3) is 0.571. The molecule has 19 heavy (non-hydrogen) atoms. The predicted molar refractivity (Wildman–Crippen MR) is 69.2 cm³/mol. The molecular weight excluding hydrogens is 247 g/mol. The molecule has 0 radical (unpaired) electrons. The number of aliphatic carboxylic acids is 1. The lowest BCUT2D eigenvalue weighted by molar-refractivity contribution is -0.138. The van der Waals surface area contributed by atoms with Crippen molar-refractivity contribution in [2.24, 2.45) is 0 Å². The minimum absolute atomic E-state index is 0.0642. The number of aromatic nitrogens is 1. The van der Waals surface area contributed by atoms with Gasteiger partial charge in [-0.1, -0.05) is 6.92 Å². The third kappa shape index (κ3) is 3.29. The maximum atomic E-state index is 12.9. The Morgan fingerprint density at radius 3 is 3.00 bits per heavy atom. The number of likely N-dealkylation sites (tertiary alicyclic amines) is 1. The molecule has 2 heterocycles. The summed E-state index contributed by atoms with van der Waals surface area (Å²) in [4.78, 5) is 17.2. The van der Waals surface area contributed by atoms with Crippen LogP contribution in [0.3, 0.4) is 0 Å². The van der Waals surface area contributed by atoms with Crippen molar-refractivity contribution in [2.45, 2.75) is 44.7 Å². The highest BCUT2D eigenvalue weighted by Gasteiger charge is 2.32. The molecular formula is C14H19FN2O2. The molecule has 1 N–H and O–H groups in total. The zero-order chi connectivity index (χ0) is 13.8. The smallest absolute Gasteiger partial charge is 0.304 e. The van der Waals surface area contributed by atoms with E-state index in [-0.39, 0.29) is 24.3 Å². The topological polar surface area (TPSA) is 53.4 Å². The maximum Gasteiger partial charge on any atom is 0.304 e. The highest BCUT2D eigenvalue weighted by Crippen LogP contribution is 2.32. The molecule has 1 aliphatic rings. The molecule has 0 amide bonds. The highest BCUT2D eigenvalue weighted by molar-refractivity contribution is 5.67. The van der Waals surface area contributed by atoms with Crippen molar-refractivity contribution in [1.82, 2.24) is 9.88 Å². The maximum absolute atomic E-state index is 12.9. The number of hydrogen-bond donors (Lipinski definition) is 1. The van der Waals surface area contributed by atoms with Crippen LogP contribution in [0.5, 0.6) is 0 Å². The van der Waals surface area contributed by atoms with Gasteiger partial charge >= 0.3 is 5.97 Å². The van der Waals surface area contributed by atoms with E-state index in [4.69, 9.17) is 5.11 Å². The first-order valence-electron chi connectivity index (χ1n) is 6.70. The zero-order valence-electron chi connectivity index (χ0n) is 11.1. The zero-order valence-corrected chi connectivity index (χ0v) is 11.1. The van der Waals surface area contributed by atoms with Gasteiger partial charge in [-0.05, 0) is 37.9 Å². The SMILES string of the molecule is CCC(c1ccc(F)cn1)N1CCCC1CC(=O)O.